The van der Waals surface area contributed by atoms with E-state index in [9.17, 15) is 0 Å². The topological polar surface area (TPSA) is 95.6 Å². The Morgan fingerprint density at radius 1 is 0.806 bits per heavy atom. The van der Waals surface area contributed by atoms with Crippen LogP contribution in [0.5, 0.6) is 11.5 Å². The van der Waals surface area contributed by atoms with Gasteiger partial charge in [0, 0.05) is 22.7 Å². The third kappa shape index (κ3) is 3.08. The lowest BCUT2D eigenvalue weighted by molar-refractivity contribution is 0.475. The third-order valence-corrected chi connectivity index (χ3v) is 7.82. The SMILES string of the molecule is c1cc2c(cc1-c1cnc([C@@H]3CCCN3)[nH]1)-n1ccc3c(-c4cnc([C@@H]5CCCN5)[nH]4)ccc(c31)O2. The molecule has 0 bridgehead atoms. The zero-order valence-corrected chi connectivity index (χ0v) is 19.8. The van der Waals surface area contributed by atoms with Crippen LogP contribution in [-0.2, 0) is 0 Å². The fraction of sp³-hybridized carbons (Fsp3) is 0.286. The minimum atomic E-state index is 0.318. The molecule has 3 aliphatic heterocycles. The number of aromatic amines is 2. The van der Waals surface area contributed by atoms with Crippen LogP contribution in [0.25, 0.3) is 39.1 Å². The second kappa shape index (κ2) is 7.81. The molecule has 0 spiro atoms. The number of hydrogen-bond acceptors (Lipinski definition) is 5. The molecule has 2 aromatic carbocycles. The van der Waals surface area contributed by atoms with Crippen LogP contribution in [0, 0.1) is 0 Å². The number of H-pyrrole nitrogens is 2. The summed E-state index contributed by atoms with van der Waals surface area (Å²) in [6.45, 7) is 2.11. The normalized spacial score (nSPS) is 20.7. The molecule has 6 heterocycles. The zero-order chi connectivity index (χ0) is 23.6. The lowest BCUT2D eigenvalue weighted by Crippen LogP contribution is -2.14. The molecule has 8 rings (SSSR count). The van der Waals surface area contributed by atoms with E-state index in [-0.39, 0.29) is 0 Å². The number of aromatic nitrogens is 5. The Balaban J connectivity index is 1.18. The first-order valence-electron chi connectivity index (χ1n) is 12.9. The van der Waals surface area contributed by atoms with E-state index in [0.717, 1.165) is 88.2 Å². The third-order valence-electron chi connectivity index (χ3n) is 7.82. The predicted octanol–water partition coefficient (Wildman–Crippen LogP) is 5.37. The molecule has 2 saturated heterocycles. The number of ether oxygens (including phenoxy) is 1. The molecule has 3 aromatic heterocycles. The van der Waals surface area contributed by atoms with Gasteiger partial charge in [-0.25, -0.2) is 9.97 Å². The van der Waals surface area contributed by atoms with Crippen molar-refractivity contribution in [2.75, 3.05) is 13.1 Å². The van der Waals surface area contributed by atoms with E-state index in [4.69, 9.17) is 4.74 Å². The Morgan fingerprint density at radius 3 is 2.28 bits per heavy atom. The molecule has 4 N–H and O–H groups in total. The van der Waals surface area contributed by atoms with Gasteiger partial charge in [-0.05, 0) is 75.2 Å². The highest BCUT2D eigenvalue weighted by Crippen LogP contribution is 2.45. The van der Waals surface area contributed by atoms with Crippen molar-refractivity contribution < 1.29 is 4.74 Å². The van der Waals surface area contributed by atoms with E-state index >= 15 is 0 Å². The molecule has 5 aromatic rings. The van der Waals surface area contributed by atoms with Gasteiger partial charge in [-0.15, -0.1) is 0 Å². The van der Waals surface area contributed by atoms with Crippen molar-refractivity contribution in [2.24, 2.45) is 0 Å². The molecular weight excluding hydrogens is 450 g/mol. The number of fused-ring (bicyclic) bond motifs is 2. The Kier molecular flexibility index (Phi) is 4.41. The lowest BCUT2D eigenvalue weighted by Gasteiger charge is -2.21. The summed E-state index contributed by atoms with van der Waals surface area (Å²) in [4.78, 5) is 16.4. The van der Waals surface area contributed by atoms with E-state index in [1.54, 1.807) is 0 Å². The van der Waals surface area contributed by atoms with Crippen LogP contribution < -0.4 is 15.4 Å². The molecule has 8 nitrogen and oxygen atoms in total. The highest BCUT2D eigenvalue weighted by molar-refractivity contribution is 6.00. The maximum Gasteiger partial charge on any atom is 0.152 e. The van der Waals surface area contributed by atoms with Crippen molar-refractivity contribution in [1.82, 2.24) is 35.1 Å². The van der Waals surface area contributed by atoms with Crippen LogP contribution in [0.3, 0.4) is 0 Å². The van der Waals surface area contributed by atoms with Gasteiger partial charge in [-0.1, -0.05) is 0 Å². The summed E-state index contributed by atoms with van der Waals surface area (Å²) >= 11 is 0. The van der Waals surface area contributed by atoms with Crippen LogP contribution in [0.2, 0.25) is 0 Å². The number of rotatable bonds is 4. The van der Waals surface area contributed by atoms with Crippen molar-refractivity contribution in [3.63, 3.8) is 0 Å². The van der Waals surface area contributed by atoms with Crippen molar-refractivity contribution in [3.05, 3.63) is 66.6 Å². The molecule has 0 aliphatic carbocycles. The van der Waals surface area contributed by atoms with Gasteiger partial charge in [-0.3, -0.25) is 0 Å². The minimum Gasteiger partial charge on any atom is -0.453 e. The molecule has 0 saturated carbocycles. The molecule has 36 heavy (non-hydrogen) atoms. The van der Waals surface area contributed by atoms with Crippen LogP contribution in [0.1, 0.15) is 49.4 Å². The zero-order valence-electron chi connectivity index (χ0n) is 19.8. The number of imidazole rings is 2. The Bertz CT molecular complexity index is 1600. The average Bonchev–Trinajstić information content (AvgIpc) is 3.74. The molecule has 2 fully saturated rings. The summed E-state index contributed by atoms with van der Waals surface area (Å²) < 4.78 is 8.61. The standard InChI is InChI=1S/C28H27N7O/c1-3-19(29-10-1)27-31-14-21(33-27)16-5-7-24-23(13-16)35-12-9-18-17(6-8-25(36-24)26(18)35)22-15-32-28(34-22)20-4-2-11-30-20/h5-9,12-15,19-20,29-30H,1-4,10-11H2,(H,31,33)(H,32,34)/t19-,20-/m0/s1. The van der Waals surface area contributed by atoms with E-state index < -0.39 is 0 Å². The largest absolute Gasteiger partial charge is 0.453 e. The van der Waals surface area contributed by atoms with Gasteiger partial charge in [0.15, 0.2) is 11.5 Å². The number of nitrogens with zero attached hydrogens (tertiary/aromatic N) is 3. The van der Waals surface area contributed by atoms with Crippen LogP contribution in [0.15, 0.2) is 55.0 Å². The molecule has 0 unspecified atom stereocenters. The van der Waals surface area contributed by atoms with Crippen molar-refractivity contribution >= 4 is 10.9 Å². The highest BCUT2D eigenvalue weighted by atomic mass is 16.5. The molecule has 8 heteroatoms. The molecule has 180 valence electrons. The minimum absolute atomic E-state index is 0.318. The van der Waals surface area contributed by atoms with Crippen molar-refractivity contribution in [1.29, 1.82) is 0 Å². The number of benzene rings is 2. The fourth-order valence-electron chi connectivity index (χ4n) is 5.97. The first kappa shape index (κ1) is 20.3. The van der Waals surface area contributed by atoms with Gasteiger partial charge in [-0.2, -0.15) is 0 Å². The molecular formula is C28H27N7O. The fourth-order valence-corrected chi connectivity index (χ4v) is 5.97. The smallest absolute Gasteiger partial charge is 0.152 e. The van der Waals surface area contributed by atoms with Gasteiger partial charge >= 0.3 is 0 Å². The lowest BCUT2D eigenvalue weighted by atomic mass is 10.1. The molecule has 3 aliphatic rings. The Morgan fingerprint density at radius 2 is 1.53 bits per heavy atom. The second-order valence-electron chi connectivity index (χ2n) is 10.0. The Hall–Kier alpha value is -3.88. The Labute approximate surface area is 208 Å². The number of hydrogen-bond donors (Lipinski definition) is 4. The van der Waals surface area contributed by atoms with Gasteiger partial charge < -0.3 is 29.9 Å². The van der Waals surface area contributed by atoms with E-state index in [2.05, 4.69) is 77.7 Å². The second-order valence-corrected chi connectivity index (χ2v) is 10.0. The van der Waals surface area contributed by atoms with E-state index in [1.807, 2.05) is 12.4 Å². The summed E-state index contributed by atoms with van der Waals surface area (Å²) in [5.41, 5.74) is 6.39. The maximum absolute atomic E-state index is 6.37. The quantitative estimate of drug-likeness (QED) is 0.274. The van der Waals surface area contributed by atoms with Crippen LogP contribution >= 0.6 is 0 Å². The molecule has 0 radical (unpaired) electrons. The first-order chi connectivity index (χ1) is 17.8. The van der Waals surface area contributed by atoms with Gasteiger partial charge in [0.1, 0.15) is 11.6 Å². The van der Waals surface area contributed by atoms with E-state index in [0.29, 0.717) is 12.1 Å². The summed E-state index contributed by atoms with van der Waals surface area (Å²) in [6.07, 6.45) is 10.7. The summed E-state index contributed by atoms with van der Waals surface area (Å²) in [5, 5.41) is 8.19. The molecule has 2 atom stereocenters. The highest BCUT2D eigenvalue weighted by Gasteiger charge is 2.25. The van der Waals surface area contributed by atoms with Crippen LogP contribution in [0.4, 0.5) is 0 Å². The first-order valence-corrected chi connectivity index (χ1v) is 12.9. The maximum atomic E-state index is 6.37. The summed E-state index contributed by atoms with van der Waals surface area (Å²) in [6, 6.07) is 13.3. The van der Waals surface area contributed by atoms with Gasteiger partial charge in [0.05, 0.1) is 47.1 Å². The van der Waals surface area contributed by atoms with Crippen molar-refractivity contribution in [3.8, 4) is 39.7 Å². The van der Waals surface area contributed by atoms with Gasteiger partial charge in [0.2, 0.25) is 0 Å². The van der Waals surface area contributed by atoms with Gasteiger partial charge in [0.25, 0.3) is 0 Å². The summed E-state index contributed by atoms with van der Waals surface area (Å²) in [5.74, 6) is 3.75. The summed E-state index contributed by atoms with van der Waals surface area (Å²) in [7, 11) is 0. The molecule has 0 amide bonds. The predicted molar refractivity (Wildman–Crippen MR) is 138 cm³/mol. The monoisotopic (exact) mass is 477 g/mol. The average molecular weight is 478 g/mol. The van der Waals surface area contributed by atoms with E-state index in [1.165, 1.54) is 12.8 Å². The number of nitrogens with one attached hydrogen (secondary N) is 4. The van der Waals surface area contributed by atoms with Crippen LogP contribution in [-0.4, -0.2) is 37.6 Å². The van der Waals surface area contributed by atoms with Crippen molar-refractivity contribution in [2.45, 2.75) is 37.8 Å².